The summed E-state index contributed by atoms with van der Waals surface area (Å²) in [5.41, 5.74) is 1.85. The second-order valence-corrected chi connectivity index (χ2v) is 7.91. The highest BCUT2D eigenvalue weighted by molar-refractivity contribution is 6.13. The smallest absolute Gasteiger partial charge is 0.296 e. The largest absolute Gasteiger partial charge is 0.471 e. The minimum atomic E-state index is -5.11. The fourth-order valence-corrected chi connectivity index (χ4v) is 4.93. The predicted octanol–water partition coefficient (Wildman–Crippen LogP) is 3.55. The van der Waals surface area contributed by atoms with Gasteiger partial charge in [0, 0.05) is 5.56 Å². The van der Waals surface area contributed by atoms with Crippen LogP contribution in [0.1, 0.15) is 17.5 Å². The Morgan fingerprint density at radius 1 is 0.968 bits per heavy atom. The lowest BCUT2D eigenvalue weighted by molar-refractivity contribution is -0.171. The lowest BCUT2D eigenvalue weighted by Crippen LogP contribution is -2.51. The van der Waals surface area contributed by atoms with E-state index in [4.69, 9.17) is 0 Å². The third-order valence-electron chi connectivity index (χ3n) is 6.22. The number of hydrogen-bond acceptors (Lipinski definition) is 3. The number of rotatable bonds is 2. The molecule has 2 aromatic carbocycles. The van der Waals surface area contributed by atoms with Crippen LogP contribution in [0, 0.1) is 11.8 Å². The summed E-state index contributed by atoms with van der Waals surface area (Å²) in [5, 5.41) is 0. The summed E-state index contributed by atoms with van der Waals surface area (Å²) in [6.45, 7) is 0.0493. The minimum Gasteiger partial charge on any atom is -0.296 e. The van der Waals surface area contributed by atoms with E-state index in [-0.39, 0.29) is 18.7 Å². The standard InChI is InChI=1S/C23H17F3N2O3/c24-23(25,26)22(31)28-17-9-5-4-8-14(17)15-10-11-16-18(19(15)28)21(30)27(20(16)29)12-13-6-2-1-3-7-13/h1-10,16,18-19H,11-12H2/t16-,18-,19+/m0/s1. The maximum Gasteiger partial charge on any atom is 0.471 e. The molecule has 158 valence electrons. The molecule has 0 unspecified atom stereocenters. The van der Waals surface area contributed by atoms with E-state index >= 15 is 0 Å². The number of para-hydroxylation sites is 1. The van der Waals surface area contributed by atoms with Gasteiger partial charge in [-0.3, -0.25) is 24.2 Å². The van der Waals surface area contributed by atoms with Crippen LogP contribution in [0.25, 0.3) is 5.57 Å². The average molecular weight is 426 g/mol. The number of imide groups is 1. The molecule has 8 heteroatoms. The molecule has 2 aromatic rings. The number of benzene rings is 2. The lowest BCUT2D eigenvalue weighted by atomic mass is 9.76. The van der Waals surface area contributed by atoms with Crippen molar-refractivity contribution in [1.82, 2.24) is 4.90 Å². The zero-order valence-corrected chi connectivity index (χ0v) is 16.2. The van der Waals surface area contributed by atoms with E-state index in [0.717, 1.165) is 10.5 Å². The molecule has 5 nitrogen and oxygen atoms in total. The topological polar surface area (TPSA) is 57.7 Å². The van der Waals surface area contributed by atoms with Crippen LogP contribution in [0.3, 0.4) is 0 Å². The molecule has 0 spiro atoms. The van der Waals surface area contributed by atoms with Gasteiger partial charge in [-0.15, -0.1) is 0 Å². The number of anilines is 1. The SMILES string of the molecule is O=C1[C@H]2[C@H](CC=C3c4ccccc4N(C(=O)C(F)(F)F)[C@H]32)C(=O)N1Cc1ccccc1. The molecule has 0 N–H and O–H groups in total. The maximum atomic E-state index is 13.5. The van der Waals surface area contributed by atoms with Crippen LogP contribution in [-0.4, -0.2) is 34.8 Å². The zero-order chi connectivity index (χ0) is 21.9. The average Bonchev–Trinajstić information content (AvgIpc) is 3.21. The summed E-state index contributed by atoms with van der Waals surface area (Å²) in [6, 6.07) is 14.1. The van der Waals surface area contributed by atoms with Gasteiger partial charge in [0.1, 0.15) is 0 Å². The summed E-state index contributed by atoms with van der Waals surface area (Å²) < 4.78 is 40.4. The molecule has 2 aliphatic heterocycles. The molecule has 2 heterocycles. The number of amides is 3. The van der Waals surface area contributed by atoms with Crippen molar-refractivity contribution in [1.29, 1.82) is 0 Å². The van der Waals surface area contributed by atoms with Crippen LogP contribution in [0.5, 0.6) is 0 Å². The fraction of sp³-hybridized carbons (Fsp3) is 0.261. The fourth-order valence-electron chi connectivity index (χ4n) is 4.93. The van der Waals surface area contributed by atoms with Crippen molar-refractivity contribution in [3.8, 4) is 0 Å². The minimum absolute atomic E-state index is 0.0493. The van der Waals surface area contributed by atoms with E-state index < -0.39 is 41.8 Å². The van der Waals surface area contributed by atoms with Gasteiger partial charge in [-0.2, -0.15) is 13.2 Å². The Labute approximate surface area is 175 Å². The Kier molecular flexibility index (Phi) is 4.28. The number of fused-ring (bicyclic) bond motifs is 5. The van der Waals surface area contributed by atoms with Gasteiger partial charge in [0.15, 0.2) is 0 Å². The highest BCUT2D eigenvalue weighted by Gasteiger charge is 2.60. The first-order valence-corrected chi connectivity index (χ1v) is 9.88. The molecule has 31 heavy (non-hydrogen) atoms. The lowest BCUT2D eigenvalue weighted by Gasteiger charge is -2.34. The number of carbonyl (C=O) groups excluding carboxylic acids is 3. The van der Waals surface area contributed by atoms with Crippen molar-refractivity contribution in [2.45, 2.75) is 25.2 Å². The first-order valence-electron chi connectivity index (χ1n) is 9.88. The Morgan fingerprint density at radius 3 is 2.35 bits per heavy atom. The molecule has 3 aliphatic rings. The van der Waals surface area contributed by atoms with Gasteiger partial charge in [-0.1, -0.05) is 54.6 Å². The van der Waals surface area contributed by atoms with Crippen LogP contribution in [0.2, 0.25) is 0 Å². The Bertz CT molecular complexity index is 1130. The van der Waals surface area contributed by atoms with Gasteiger partial charge in [0.25, 0.3) is 0 Å². The Morgan fingerprint density at radius 2 is 1.65 bits per heavy atom. The van der Waals surface area contributed by atoms with Gasteiger partial charge in [-0.25, -0.2) is 0 Å². The second kappa shape index (κ2) is 6.80. The zero-order valence-electron chi connectivity index (χ0n) is 16.2. The van der Waals surface area contributed by atoms with Crippen molar-refractivity contribution in [2.24, 2.45) is 11.8 Å². The summed E-state index contributed by atoms with van der Waals surface area (Å²) in [4.78, 5) is 40.5. The van der Waals surface area contributed by atoms with E-state index in [1.807, 2.05) is 6.07 Å². The molecule has 0 radical (unpaired) electrons. The summed E-state index contributed by atoms with van der Waals surface area (Å²) in [7, 11) is 0. The van der Waals surface area contributed by atoms with Crippen LogP contribution >= 0.6 is 0 Å². The van der Waals surface area contributed by atoms with Crippen molar-refractivity contribution in [3.05, 3.63) is 71.8 Å². The van der Waals surface area contributed by atoms with Crippen molar-refractivity contribution >= 4 is 29.0 Å². The number of nitrogens with zero attached hydrogens (tertiary/aromatic N) is 2. The molecule has 1 fully saturated rings. The van der Waals surface area contributed by atoms with E-state index in [9.17, 15) is 27.6 Å². The van der Waals surface area contributed by atoms with Gasteiger partial charge >= 0.3 is 12.1 Å². The number of alkyl halides is 3. The van der Waals surface area contributed by atoms with E-state index in [1.165, 1.54) is 6.07 Å². The first-order chi connectivity index (χ1) is 14.8. The van der Waals surface area contributed by atoms with E-state index in [2.05, 4.69) is 0 Å². The predicted molar refractivity (Wildman–Crippen MR) is 105 cm³/mol. The molecule has 0 aromatic heterocycles. The third-order valence-corrected chi connectivity index (χ3v) is 6.22. The Hall–Kier alpha value is -3.42. The quantitative estimate of drug-likeness (QED) is 0.691. The van der Waals surface area contributed by atoms with E-state index in [1.54, 1.807) is 48.5 Å². The highest BCUT2D eigenvalue weighted by Crippen LogP contribution is 2.52. The van der Waals surface area contributed by atoms with Crippen LogP contribution < -0.4 is 4.90 Å². The van der Waals surface area contributed by atoms with Crippen molar-refractivity contribution < 1.29 is 27.6 Å². The molecular weight excluding hydrogens is 409 g/mol. The maximum absolute atomic E-state index is 13.5. The van der Waals surface area contributed by atoms with Crippen LogP contribution in [0.15, 0.2) is 60.7 Å². The van der Waals surface area contributed by atoms with Gasteiger partial charge < -0.3 is 0 Å². The van der Waals surface area contributed by atoms with Crippen LogP contribution in [0.4, 0.5) is 18.9 Å². The normalized spacial score (nSPS) is 24.6. The van der Waals surface area contributed by atoms with Crippen LogP contribution in [-0.2, 0) is 20.9 Å². The monoisotopic (exact) mass is 426 g/mol. The molecule has 0 bridgehead atoms. The summed E-state index contributed by atoms with van der Waals surface area (Å²) in [6.07, 6.45) is -3.16. The van der Waals surface area contributed by atoms with Crippen molar-refractivity contribution in [2.75, 3.05) is 4.90 Å². The number of hydrogen-bond donors (Lipinski definition) is 0. The number of carbonyl (C=O) groups is 3. The molecule has 5 rings (SSSR count). The highest BCUT2D eigenvalue weighted by atomic mass is 19.4. The molecule has 1 aliphatic carbocycles. The Balaban J connectivity index is 1.57. The van der Waals surface area contributed by atoms with Gasteiger partial charge in [-0.05, 0) is 23.6 Å². The van der Waals surface area contributed by atoms with Gasteiger partial charge in [0.05, 0.1) is 30.1 Å². The summed E-state index contributed by atoms with van der Waals surface area (Å²) >= 11 is 0. The first kappa shape index (κ1) is 19.5. The third kappa shape index (κ3) is 2.89. The molecular formula is C23H17F3N2O3. The second-order valence-electron chi connectivity index (χ2n) is 7.91. The summed E-state index contributed by atoms with van der Waals surface area (Å²) in [5.74, 6) is -4.82. The molecule has 0 saturated carbocycles. The number of halogens is 3. The van der Waals surface area contributed by atoms with E-state index in [0.29, 0.717) is 16.0 Å². The molecule has 1 saturated heterocycles. The van der Waals surface area contributed by atoms with Gasteiger partial charge in [0.2, 0.25) is 11.8 Å². The molecule has 3 atom stereocenters. The number of likely N-dealkylation sites (tertiary alicyclic amines) is 1. The molecule has 3 amide bonds. The number of allylic oxidation sites excluding steroid dienone is 1. The van der Waals surface area contributed by atoms with Crippen molar-refractivity contribution in [3.63, 3.8) is 0 Å².